The molecule has 0 bridgehead atoms. The quantitative estimate of drug-likeness (QED) is 0.752. The van der Waals surface area contributed by atoms with Crippen molar-refractivity contribution in [2.24, 2.45) is 0 Å². The third kappa shape index (κ3) is 4.87. The molecule has 1 aliphatic heterocycles. The molecule has 4 nitrogen and oxygen atoms in total. The number of fused-ring (bicyclic) bond motifs is 1. The van der Waals surface area contributed by atoms with Crippen LogP contribution in [-0.4, -0.2) is 33.3 Å². The Morgan fingerprint density at radius 2 is 1.80 bits per heavy atom. The number of nitrogens with one attached hydrogen (secondary N) is 1. The lowest BCUT2D eigenvalue weighted by Crippen LogP contribution is -2.39. The molecule has 1 aliphatic rings. The molecule has 3 aromatic rings. The molecule has 5 heteroatoms. The van der Waals surface area contributed by atoms with Gasteiger partial charge in [0.05, 0.1) is 23.0 Å². The maximum absolute atomic E-state index is 12.8. The van der Waals surface area contributed by atoms with E-state index in [2.05, 4.69) is 14.9 Å². The lowest BCUT2D eigenvalue weighted by atomic mass is 9.95. The van der Waals surface area contributed by atoms with Crippen LogP contribution >= 0.6 is 0 Å². The van der Waals surface area contributed by atoms with E-state index in [1.807, 2.05) is 37.5 Å². The van der Waals surface area contributed by atoms with Crippen molar-refractivity contribution in [1.29, 1.82) is 0 Å². The maximum atomic E-state index is 12.8. The van der Waals surface area contributed by atoms with Crippen LogP contribution in [0.15, 0.2) is 54.9 Å². The topological polar surface area (TPSA) is 50.1 Å². The molecule has 1 aromatic heterocycles. The summed E-state index contributed by atoms with van der Waals surface area (Å²) in [6, 6.07) is 14.5. The number of para-hydroxylation sites is 2. The van der Waals surface area contributed by atoms with Crippen LogP contribution in [0.3, 0.4) is 0 Å². The maximum Gasteiger partial charge on any atom is 0.123 e. The van der Waals surface area contributed by atoms with E-state index in [0.717, 1.165) is 42.5 Å². The second-order valence-electron chi connectivity index (χ2n) is 6.73. The van der Waals surface area contributed by atoms with Crippen LogP contribution in [0, 0.1) is 5.82 Å². The number of hydrogen-bond acceptors (Lipinski definition) is 3. The average Bonchev–Trinajstić information content (AvgIpc) is 3.01. The van der Waals surface area contributed by atoms with Gasteiger partial charge >= 0.3 is 0 Å². The van der Waals surface area contributed by atoms with Crippen molar-refractivity contribution in [2.45, 2.75) is 31.9 Å². The molecule has 132 valence electrons. The SMILES string of the molecule is CC1(O)CCNCC1.Fc1ccc(Cn2cnc3ccccc32)cc1. The number of aromatic nitrogens is 2. The molecule has 2 N–H and O–H groups in total. The fraction of sp³-hybridized carbons (Fsp3) is 0.350. The van der Waals surface area contributed by atoms with Crippen molar-refractivity contribution in [2.75, 3.05) is 13.1 Å². The minimum Gasteiger partial charge on any atom is -0.390 e. The molecule has 25 heavy (non-hydrogen) atoms. The van der Waals surface area contributed by atoms with E-state index in [4.69, 9.17) is 0 Å². The normalized spacial score (nSPS) is 16.3. The summed E-state index contributed by atoms with van der Waals surface area (Å²) < 4.78 is 14.9. The van der Waals surface area contributed by atoms with Gasteiger partial charge in [-0.1, -0.05) is 24.3 Å². The number of imidazole rings is 1. The molecular formula is C20H24FN3O. The molecule has 0 atom stereocenters. The van der Waals surface area contributed by atoms with E-state index in [9.17, 15) is 9.50 Å². The molecule has 1 saturated heterocycles. The Kier molecular flexibility index (Phi) is 5.46. The predicted octanol–water partition coefficient (Wildman–Crippen LogP) is 3.34. The van der Waals surface area contributed by atoms with Gasteiger partial charge in [0, 0.05) is 6.54 Å². The second-order valence-corrected chi connectivity index (χ2v) is 6.73. The molecule has 0 radical (unpaired) electrons. The lowest BCUT2D eigenvalue weighted by Gasteiger charge is -2.27. The summed E-state index contributed by atoms with van der Waals surface area (Å²) in [5.74, 6) is -0.204. The first-order chi connectivity index (χ1) is 12.0. The summed E-state index contributed by atoms with van der Waals surface area (Å²) in [4.78, 5) is 4.32. The third-order valence-corrected chi connectivity index (χ3v) is 4.47. The zero-order valence-electron chi connectivity index (χ0n) is 14.5. The Bertz CT molecular complexity index is 803. The second kappa shape index (κ2) is 7.76. The molecule has 4 rings (SSSR count). The van der Waals surface area contributed by atoms with Gasteiger partial charge in [0.25, 0.3) is 0 Å². The summed E-state index contributed by atoms with van der Waals surface area (Å²) in [6.07, 6.45) is 3.61. The molecule has 1 fully saturated rings. The number of benzene rings is 2. The first-order valence-corrected chi connectivity index (χ1v) is 8.61. The smallest absolute Gasteiger partial charge is 0.123 e. The van der Waals surface area contributed by atoms with Gasteiger partial charge in [-0.05, 0) is 62.7 Å². The molecule has 0 unspecified atom stereocenters. The van der Waals surface area contributed by atoms with Crippen molar-refractivity contribution in [3.63, 3.8) is 0 Å². The van der Waals surface area contributed by atoms with Crippen LogP contribution in [0.4, 0.5) is 4.39 Å². The third-order valence-electron chi connectivity index (χ3n) is 4.47. The van der Waals surface area contributed by atoms with Gasteiger partial charge in [0.1, 0.15) is 5.82 Å². The van der Waals surface area contributed by atoms with Crippen LogP contribution in [-0.2, 0) is 6.54 Å². The van der Waals surface area contributed by atoms with Crippen LogP contribution < -0.4 is 5.32 Å². The van der Waals surface area contributed by atoms with Crippen molar-refractivity contribution in [1.82, 2.24) is 14.9 Å². The standard InChI is InChI=1S/C14H11FN2.C6H13NO/c15-12-7-5-11(6-8-12)9-17-10-16-13-3-1-2-4-14(13)17;1-6(8)2-4-7-5-3-6/h1-8,10H,9H2;7-8H,2-5H2,1H3. The molecular weight excluding hydrogens is 317 g/mol. The van der Waals surface area contributed by atoms with Gasteiger partial charge in [-0.25, -0.2) is 9.37 Å². The summed E-state index contributed by atoms with van der Waals surface area (Å²) >= 11 is 0. The summed E-state index contributed by atoms with van der Waals surface area (Å²) in [5, 5.41) is 12.5. The van der Waals surface area contributed by atoms with Gasteiger partial charge in [0.2, 0.25) is 0 Å². The highest BCUT2D eigenvalue weighted by molar-refractivity contribution is 5.75. The van der Waals surface area contributed by atoms with Gasteiger partial charge in [-0.2, -0.15) is 0 Å². The molecule has 0 spiro atoms. The van der Waals surface area contributed by atoms with Crippen molar-refractivity contribution < 1.29 is 9.50 Å². The number of halogens is 1. The van der Waals surface area contributed by atoms with Crippen LogP contribution in [0.1, 0.15) is 25.3 Å². The van der Waals surface area contributed by atoms with Gasteiger partial charge in [0.15, 0.2) is 0 Å². The van der Waals surface area contributed by atoms with Gasteiger partial charge in [-0.3, -0.25) is 0 Å². The van der Waals surface area contributed by atoms with Crippen LogP contribution in [0.5, 0.6) is 0 Å². The van der Waals surface area contributed by atoms with Crippen LogP contribution in [0.2, 0.25) is 0 Å². The minimum absolute atomic E-state index is 0.204. The van der Waals surface area contributed by atoms with E-state index >= 15 is 0 Å². The molecule has 0 saturated carbocycles. The highest BCUT2D eigenvalue weighted by Crippen LogP contribution is 2.15. The number of nitrogens with zero attached hydrogens (tertiary/aromatic N) is 2. The Morgan fingerprint density at radius 1 is 1.12 bits per heavy atom. The number of aliphatic hydroxyl groups is 1. The van der Waals surface area contributed by atoms with E-state index in [-0.39, 0.29) is 11.4 Å². The predicted molar refractivity (Wildman–Crippen MR) is 98.0 cm³/mol. The molecule has 0 amide bonds. The first kappa shape index (κ1) is 17.6. The average molecular weight is 341 g/mol. The Morgan fingerprint density at radius 3 is 2.44 bits per heavy atom. The van der Waals surface area contributed by atoms with Crippen molar-refractivity contribution in [3.8, 4) is 0 Å². The van der Waals surface area contributed by atoms with E-state index < -0.39 is 0 Å². The summed E-state index contributed by atoms with van der Waals surface area (Å²) in [6.45, 7) is 4.54. The summed E-state index contributed by atoms with van der Waals surface area (Å²) in [7, 11) is 0. The van der Waals surface area contributed by atoms with Crippen molar-refractivity contribution in [3.05, 3.63) is 66.2 Å². The van der Waals surface area contributed by atoms with Crippen LogP contribution in [0.25, 0.3) is 11.0 Å². The Balaban J connectivity index is 0.000000192. The summed E-state index contributed by atoms with van der Waals surface area (Å²) in [5.41, 5.74) is 2.76. The zero-order valence-corrected chi connectivity index (χ0v) is 14.5. The van der Waals surface area contributed by atoms with Gasteiger partial charge < -0.3 is 15.0 Å². The highest BCUT2D eigenvalue weighted by atomic mass is 19.1. The van der Waals surface area contributed by atoms with Gasteiger partial charge in [-0.15, -0.1) is 0 Å². The largest absolute Gasteiger partial charge is 0.390 e. The molecule has 0 aliphatic carbocycles. The number of piperidine rings is 1. The molecule has 2 aromatic carbocycles. The fourth-order valence-corrected chi connectivity index (χ4v) is 2.89. The lowest BCUT2D eigenvalue weighted by molar-refractivity contribution is 0.0291. The highest BCUT2D eigenvalue weighted by Gasteiger charge is 2.22. The van der Waals surface area contributed by atoms with Crippen molar-refractivity contribution >= 4 is 11.0 Å². The Labute approximate surface area is 147 Å². The zero-order chi connectivity index (χ0) is 17.7. The minimum atomic E-state index is -0.384. The van der Waals surface area contributed by atoms with E-state index in [0.29, 0.717) is 6.54 Å². The Hall–Kier alpha value is -2.24. The fourth-order valence-electron chi connectivity index (χ4n) is 2.89. The monoisotopic (exact) mass is 341 g/mol. The van der Waals surface area contributed by atoms with E-state index in [1.165, 1.54) is 12.1 Å². The van der Waals surface area contributed by atoms with E-state index in [1.54, 1.807) is 12.1 Å². The number of hydrogen-bond donors (Lipinski definition) is 2. The first-order valence-electron chi connectivity index (χ1n) is 8.61. The number of rotatable bonds is 2. The molecule has 2 heterocycles.